The van der Waals surface area contributed by atoms with Gasteiger partial charge in [-0.1, -0.05) is 18.2 Å². The number of fused-ring (bicyclic) bond motifs is 1. The third-order valence-corrected chi connectivity index (χ3v) is 4.53. The summed E-state index contributed by atoms with van der Waals surface area (Å²) in [4.78, 5) is 8.67. The summed E-state index contributed by atoms with van der Waals surface area (Å²) in [6, 6.07) is 10.8. The van der Waals surface area contributed by atoms with Crippen LogP contribution < -0.4 is 4.31 Å². The number of nitrogens with zero attached hydrogens (tertiary/aromatic N) is 5. The van der Waals surface area contributed by atoms with Crippen molar-refractivity contribution < 1.29 is 8.42 Å². The highest BCUT2D eigenvalue weighted by Gasteiger charge is 2.20. The van der Waals surface area contributed by atoms with Gasteiger partial charge in [-0.05, 0) is 32.0 Å². The van der Waals surface area contributed by atoms with Gasteiger partial charge in [-0.3, -0.25) is 4.31 Å². The molecule has 0 fully saturated rings. The second kappa shape index (κ2) is 5.62. The molecular weight excluding hydrogens is 314 g/mol. The highest BCUT2D eigenvalue weighted by Crippen LogP contribution is 2.19. The normalized spacial score (nSPS) is 11.8. The molecule has 0 saturated heterocycles. The molecule has 0 atom stereocenters. The number of aromatic nitrogens is 4. The van der Waals surface area contributed by atoms with E-state index in [0.717, 1.165) is 11.4 Å². The van der Waals surface area contributed by atoms with E-state index in [2.05, 4.69) is 15.1 Å². The molecule has 23 heavy (non-hydrogen) atoms. The quantitative estimate of drug-likeness (QED) is 0.727. The highest BCUT2D eigenvalue weighted by molar-refractivity contribution is 7.92. The van der Waals surface area contributed by atoms with Crippen molar-refractivity contribution in [1.82, 2.24) is 19.6 Å². The molecule has 0 spiro atoms. The van der Waals surface area contributed by atoms with Gasteiger partial charge in [0.15, 0.2) is 5.82 Å². The zero-order chi connectivity index (χ0) is 16.6. The van der Waals surface area contributed by atoms with Crippen LogP contribution in [0.2, 0.25) is 0 Å². The van der Waals surface area contributed by atoms with Crippen LogP contribution in [-0.4, -0.2) is 34.3 Å². The van der Waals surface area contributed by atoms with E-state index in [1.165, 1.54) is 10.6 Å². The standard InChI is InChI=1S/C15H17N5O2S/c1-11-9-12(2)20-15(16-11)17-14(18-20)10-19(23(3,21)22)13-7-5-4-6-8-13/h4-9H,10H2,1-3H3. The van der Waals surface area contributed by atoms with Crippen molar-refractivity contribution in [3.8, 4) is 0 Å². The molecule has 3 aromatic rings. The molecule has 1 aromatic carbocycles. The van der Waals surface area contributed by atoms with Gasteiger partial charge in [0.25, 0.3) is 5.78 Å². The first-order valence-corrected chi connectivity index (χ1v) is 8.92. The molecule has 0 bridgehead atoms. The van der Waals surface area contributed by atoms with Crippen molar-refractivity contribution in [3.05, 3.63) is 53.6 Å². The van der Waals surface area contributed by atoms with Crippen LogP contribution in [0.1, 0.15) is 17.2 Å². The van der Waals surface area contributed by atoms with Gasteiger partial charge >= 0.3 is 0 Å². The van der Waals surface area contributed by atoms with E-state index in [1.54, 1.807) is 28.8 Å². The Morgan fingerprint density at radius 3 is 2.48 bits per heavy atom. The zero-order valence-electron chi connectivity index (χ0n) is 13.1. The first-order valence-electron chi connectivity index (χ1n) is 7.07. The van der Waals surface area contributed by atoms with Crippen molar-refractivity contribution in [1.29, 1.82) is 0 Å². The van der Waals surface area contributed by atoms with Crippen LogP contribution in [0.25, 0.3) is 5.78 Å². The van der Waals surface area contributed by atoms with E-state index in [1.807, 2.05) is 26.0 Å². The SMILES string of the molecule is Cc1cc(C)n2nc(CN(c3ccccc3)S(C)(=O)=O)nc2n1. The summed E-state index contributed by atoms with van der Waals surface area (Å²) in [6.07, 6.45) is 1.17. The average molecular weight is 331 g/mol. The second-order valence-electron chi connectivity index (χ2n) is 5.38. The molecule has 0 aliphatic heterocycles. The van der Waals surface area contributed by atoms with E-state index < -0.39 is 10.0 Å². The maximum absolute atomic E-state index is 12.1. The predicted molar refractivity (Wildman–Crippen MR) is 87.7 cm³/mol. The lowest BCUT2D eigenvalue weighted by Crippen LogP contribution is -2.29. The van der Waals surface area contributed by atoms with E-state index in [0.29, 0.717) is 17.3 Å². The van der Waals surface area contributed by atoms with Crippen LogP contribution in [0.15, 0.2) is 36.4 Å². The Kier molecular flexibility index (Phi) is 3.77. The Morgan fingerprint density at radius 2 is 1.83 bits per heavy atom. The molecule has 0 saturated carbocycles. The lowest BCUT2D eigenvalue weighted by atomic mass is 10.3. The Morgan fingerprint density at radius 1 is 1.13 bits per heavy atom. The molecule has 0 aliphatic carbocycles. The molecule has 0 radical (unpaired) electrons. The molecule has 2 heterocycles. The molecule has 0 aliphatic rings. The van der Waals surface area contributed by atoms with Crippen molar-refractivity contribution in [3.63, 3.8) is 0 Å². The van der Waals surface area contributed by atoms with Gasteiger partial charge < -0.3 is 0 Å². The number of hydrogen-bond donors (Lipinski definition) is 0. The minimum absolute atomic E-state index is 0.0602. The van der Waals surface area contributed by atoms with Crippen molar-refractivity contribution >= 4 is 21.5 Å². The van der Waals surface area contributed by atoms with Crippen LogP contribution in [-0.2, 0) is 16.6 Å². The minimum atomic E-state index is -3.45. The Labute approximate surface area is 134 Å². The largest absolute Gasteiger partial charge is 0.263 e. The Bertz CT molecular complexity index is 951. The number of benzene rings is 1. The number of sulfonamides is 1. The van der Waals surface area contributed by atoms with Crippen LogP contribution in [0.4, 0.5) is 5.69 Å². The van der Waals surface area contributed by atoms with Gasteiger partial charge in [-0.2, -0.15) is 4.98 Å². The molecule has 3 rings (SSSR count). The fourth-order valence-electron chi connectivity index (χ4n) is 2.40. The van der Waals surface area contributed by atoms with E-state index in [9.17, 15) is 8.42 Å². The number of hydrogen-bond acceptors (Lipinski definition) is 5. The van der Waals surface area contributed by atoms with Crippen molar-refractivity contribution in [2.24, 2.45) is 0 Å². The molecule has 2 aromatic heterocycles. The highest BCUT2D eigenvalue weighted by atomic mass is 32.2. The van der Waals surface area contributed by atoms with Crippen LogP contribution in [0.5, 0.6) is 0 Å². The minimum Gasteiger partial charge on any atom is -0.263 e. The Balaban J connectivity index is 2.03. The van der Waals surface area contributed by atoms with Crippen molar-refractivity contribution in [2.75, 3.05) is 10.6 Å². The van der Waals surface area contributed by atoms with Gasteiger partial charge in [-0.15, -0.1) is 5.10 Å². The maximum atomic E-state index is 12.1. The van der Waals surface area contributed by atoms with E-state index in [-0.39, 0.29) is 6.54 Å². The van der Waals surface area contributed by atoms with E-state index >= 15 is 0 Å². The Hall–Kier alpha value is -2.48. The van der Waals surface area contributed by atoms with Gasteiger partial charge in [0, 0.05) is 11.4 Å². The van der Waals surface area contributed by atoms with E-state index in [4.69, 9.17) is 0 Å². The summed E-state index contributed by atoms with van der Waals surface area (Å²) < 4.78 is 27.1. The topological polar surface area (TPSA) is 80.5 Å². The molecule has 120 valence electrons. The van der Waals surface area contributed by atoms with Gasteiger partial charge in [0.1, 0.15) is 0 Å². The number of rotatable bonds is 4. The van der Waals surface area contributed by atoms with Gasteiger partial charge in [-0.25, -0.2) is 17.9 Å². The smallest absolute Gasteiger partial charge is 0.252 e. The second-order valence-corrected chi connectivity index (χ2v) is 7.29. The first-order chi connectivity index (χ1) is 10.8. The molecular formula is C15H17N5O2S. The summed E-state index contributed by atoms with van der Waals surface area (Å²) in [7, 11) is -3.45. The zero-order valence-corrected chi connectivity index (χ0v) is 13.9. The lowest BCUT2D eigenvalue weighted by molar-refractivity contribution is 0.595. The fourth-order valence-corrected chi connectivity index (χ4v) is 3.25. The molecule has 0 amide bonds. The molecule has 0 N–H and O–H groups in total. The summed E-state index contributed by atoms with van der Waals surface area (Å²) in [5.41, 5.74) is 2.32. The maximum Gasteiger partial charge on any atom is 0.252 e. The molecule has 0 unspecified atom stereocenters. The lowest BCUT2D eigenvalue weighted by Gasteiger charge is -2.20. The number of anilines is 1. The average Bonchev–Trinajstić information content (AvgIpc) is 2.87. The third kappa shape index (κ3) is 3.16. The summed E-state index contributed by atoms with van der Waals surface area (Å²) in [5, 5.41) is 4.37. The summed E-state index contributed by atoms with van der Waals surface area (Å²) in [5.74, 6) is 0.875. The first kappa shape index (κ1) is 15.4. The molecule has 8 heteroatoms. The summed E-state index contributed by atoms with van der Waals surface area (Å²) in [6.45, 7) is 3.85. The monoisotopic (exact) mass is 331 g/mol. The number of para-hydroxylation sites is 1. The van der Waals surface area contributed by atoms with Crippen molar-refractivity contribution in [2.45, 2.75) is 20.4 Å². The third-order valence-electron chi connectivity index (χ3n) is 3.39. The van der Waals surface area contributed by atoms with Gasteiger partial charge in [0.2, 0.25) is 10.0 Å². The van der Waals surface area contributed by atoms with Crippen LogP contribution in [0.3, 0.4) is 0 Å². The summed E-state index contributed by atoms with van der Waals surface area (Å²) >= 11 is 0. The fraction of sp³-hybridized carbons (Fsp3) is 0.267. The molecule has 7 nitrogen and oxygen atoms in total. The van der Waals surface area contributed by atoms with Crippen LogP contribution >= 0.6 is 0 Å². The van der Waals surface area contributed by atoms with Gasteiger partial charge in [0.05, 0.1) is 18.5 Å². The predicted octanol–water partition coefficient (Wildman–Crippen LogP) is 1.71. The van der Waals surface area contributed by atoms with Crippen LogP contribution in [0, 0.1) is 13.8 Å². The number of aryl methyl sites for hydroxylation is 2.